The van der Waals surface area contributed by atoms with Gasteiger partial charge in [0, 0.05) is 42.9 Å². The lowest BCUT2D eigenvalue weighted by atomic mass is 10.00. The van der Waals surface area contributed by atoms with Crippen molar-refractivity contribution >= 4 is 23.2 Å². The zero-order chi connectivity index (χ0) is 14.8. The van der Waals surface area contributed by atoms with Gasteiger partial charge in [-0.05, 0) is 30.2 Å². The number of fused-ring (bicyclic) bond motifs is 1. The number of nitrogens with one attached hydrogen (secondary N) is 1. The summed E-state index contributed by atoms with van der Waals surface area (Å²) in [6.07, 6.45) is 1.97. The molecule has 2 fully saturated rings. The molecular weight excluding hydrogens is 288 g/mol. The third kappa shape index (κ3) is 3.11. The Morgan fingerprint density at radius 3 is 2.95 bits per heavy atom. The van der Waals surface area contributed by atoms with Gasteiger partial charge in [0.2, 0.25) is 5.91 Å². The minimum absolute atomic E-state index is 0.0715. The summed E-state index contributed by atoms with van der Waals surface area (Å²) in [5.41, 5.74) is 0.645. The average molecular weight is 308 g/mol. The molecule has 3 rings (SSSR count). The molecule has 0 aromatic carbocycles. The van der Waals surface area contributed by atoms with Crippen LogP contribution in [0, 0.1) is 11.8 Å². The number of carbonyl (C=O) groups is 2. The summed E-state index contributed by atoms with van der Waals surface area (Å²) in [5.74, 6) is 0.665. The highest BCUT2D eigenvalue weighted by Gasteiger charge is 2.42. The van der Waals surface area contributed by atoms with E-state index in [-0.39, 0.29) is 23.8 Å². The SMILES string of the molecule is O=C(NCCC(=O)N1CC2CCC(O)C2C1)c1ccsc1. The van der Waals surface area contributed by atoms with E-state index in [1.54, 1.807) is 11.4 Å². The van der Waals surface area contributed by atoms with Crippen LogP contribution >= 0.6 is 11.3 Å². The maximum Gasteiger partial charge on any atom is 0.252 e. The number of likely N-dealkylation sites (tertiary alicyclic amines) is 1. The molecule has 2 aliphatic rings. The van der Waals surface area contributed by atoms with Crippen LogP contribution in [0.15, 0.2) is 16.8 Å². The number of thiophene rings is 1. The van der Waals surface area contributed by atoms with Gasteiger partial charge < -0.3 is 15.3 Å². The predicted octanol–water partition coefficient (Wildman–Crippen LogP) is 1.10. The number of hydrogen-bond acceptors (Lipinski definition) is 4. The molecular formula is C15H20N2O3S. The second kappa shape index (κ2) is 6.15. The van der Waals surface area contributed by atoms with E-state index in [0.717, 1.165) is 19.4 Å². The predicted molar refractivity (Wildman–Crippen MR) is 80.1 cm³/mol. The van der Waals surface area contributed by atoms with Crippen LogP contribution in [0.2, 0.25) is 0 Å². The third-order valence-electron chi connectivity index (χ3n) is 4.58. The third-order valence-corrected chi connectivity index (χ3v) is 5.26. The fourth-order valence-electron chi connectivity index (χ4n) is 3.38. The maximum absolute atomic E-state index is 12.1. The van der Waals surface area contributed by atoms with Crippen LogP contribution < -0.4 is 5.32 Å². The van der Waals surface area contributed by atoms with Crippen molar-refractivity contribution < 1.29 is 14.7 Å². The first-order valence-electron chi connectivity index (χ1n) is 7.41. The van der Waals surface area contributed by atoms with Crippen molar-refractivity contribution in [1.29, 1.82) is 0 Å². The lowest BCUT2D eigenvalue weighted by molar-refractivity contribution is -0.130. The molecule has 3 unspecified atom stereocenters. The van der Waals surface area contributed by atoms with E-state index in [2.05, 4.69) is 5.32 Å². The zero-order valence-corrected chi connectivity index (χ0v) is 12.6. The first-order chi connectivity index (χ1) is 10.1. The summed E-state index contributed by atoms with van der Waals surface area (Å²) < 4.78 is 0. The normalized spacial score (nSPS) is 27.7. The van der Waals surface area contributed by atoms with Crippen LogP contribution in [-0.4, -0.2) is 47.6 Å². The molecule has 3 atom stereocenters. The minimum Gasteiger partial charge on any atom is -0.393 e. The summed E-state index contributed by atoms with van der Waals surface area (Å²) in [7, 11) is 0. The Hall–Kier alpha value is -1.40. The van der Waals surface area contributed by atoms with Crippen LogP contribution in [0.4, 0.5) is 0 Å². The number of aliphatic hydroxyl groups excluding tert-OH is 1. The Morgan fingerprint density at radius 1 is 1.38 bits per heavy atom. The van der Waals surface area contributed by atoms with Crippen LogP contribution in [-0.2, 0) is 4.79 Å². The number of rotatable bonds is 4. The smallest absolute Gasteiger partial charge is 0.252 e. The lowest BCUT2D eigenvalue weighted by Crippen LogP contribution is -2.34. The summed E-state index contributed by atoms with van der Waals surface area (Å²) in [5, 5.41) is 16.3. The molecule has 1 aromatic rings. The highest BCUT2D eigenvalue weighted by molar-refractivity contribution is 7.08. The van der Waals surface area contributed by atoms with Crippen molar-refractivity contribution in [3.8, 4) is 0 Å². The van der Waals surface area contributed by atoms with E-state index in [0.29, 0.717) is 31.0 Å². The van der Waals surface area contributed by atoms with Crippen molar-refractivity contribution in [3.63, 3.8) is 0 Å². The van der Waals surface area contributed by atoms with E-state index in [4.69, 9.17) is 0 Å². The van der Waals surface area contributed by atoms with Gasteiger partial charge in [-0.2, -0.15) is 11.3 Å². The highest BCUT2D eigenvalue weighted by Crippen LogP contribution is 2.38. The van der Waals surface area contributed by atoms with Gasteiger partial charge in [-0.25, -0.2) is 0 Å². The van der Waals surface area contributed by atoms with E-state index in [9.17, 15) is 14.7 Å². The van der Waals surface area contributed by atoms with E-state index < -0.39 is 0 Å². The van der Waals surface area contributed by atoms with Crippen molar-refractivity contribution in [1.82, 2.24) is 10.2 Å². The molecule has 5 nitrogen and oxygen atoms in total. The fourth-order valence-corrected chi connectivity index (χ4v) is 4.01. The van der Waals surface area contributed by atoms with Crippen LogP contribution in [0.25, 0.3) is 0 Å². The van der Waals surface area contributed by atoms with Gasteiger partial charge in [0.1, 0.15) is 0 Å². The summed E-state index contributed by atoms with van der Waals surface area (Å²) in [6.45, 7) is 1.80. The number of nitrogens with zero attached hydrogens (tertiary/aromatic N) is 1. The Balaban J connectivity index is 1.42. The van der Waals surface area contributed by atoms with Gasteiger partial charge in [0.15, 0.2) is 0 Å². The van der Waals surface area contributed by atoms with Gasteiger partial charge in [-0.3, -0.25) is 9.59 Å². The first kappa shape index (κ1) is 14.5. The first-order valence-corrected chi connectivity index (χ1v) is 8.35. The fraction of sp³-hybridized carbons (Fsp3) is 0.600. The molecule has 0 radical (unpaired) electrons. The molecule has 2 amide bonds. The molecule has 114 valence electrons. The topological polar surface area (TPSA) is 69.6 Å². The molecule has 2 heterocycles. The molecule has 1 aliphatic heterocycles. The largest absolute Gasteiger partial charge is 0.393 e. The Bertz CT molecular complexity index is 517. The second-order valence-electron chi connectivity index (χ2n) is 5.89. The monoisotopic (exact) mass is 308 g/mol. The van der Waals surface area contributed by atoms with Crippen LogP contribution in [0.5, 0.6) is 0 Å². The molecule has 2 N–H and O–H groups in total. The molecule has 0 spiro atoms. The lowest BCUT2D eigenvalue weighted by Gasteiger charge is -2.18. The number of amides is 2. The van der Waals surface area contributed by atoms with Crippen molar-refractivity contribution in [2.45, 2.75) is 25.4 Å². The second-order valence-corrected chi connectivity index (χ2v) is 6.67. The van der Waals surface area contributed by atoms with Crippen molar-refractivity contribution in [2.75, 3.05) is 19.6 Å². The summed E-state index contributed by atoms with van der Waals surface area (Å²) in [4.78, 5) is 25.7. The van der Waals surface area contributed by atoms with Gasteiger partial charge >= 0.3 is 0 Å². The quantitative estimate of drug-likeness (QED) is 0.875. The van der Waals surface area contributed by atoms with Crippen LogP contribution in [0.3, 0.4) is 0 Å². The molecule has 21 heavy (non-hydrogen) atoms. The van der Waals surface area contributed by atoms with Crippen molar-refractivity contribution in [2.24, 2.45) is 11.8 Å². The molecule has 0 bridgehead atoms. The molecule has 6 heteroatoms. The Morgan fingerprint density at radius 2 is 2.24 bits per heavy atom. The van der Waals surface area contributed by atoms with Gasteiger partial charge in [-0.15, -0.1) is 0 Å². The zero-order valence-electron chi connectivity index (χ0n) is 11.8. The molecule has 1 aromatic heterocycles. The standard InChI is InChI=1S/C15H20N2O3S/c18-13-2-1-10-7-17(8-12(10)13)14(19)3-5-16-15(20)11-4-6-21-9-11/h4,6,9-10,12-13,18H,1-3,5,7-8H2,(H,16,20). The van der Waals surface area contributed by atoms with Gasteiger partial charge in [0.05, 0.1) is 6.10 Å². The number of carbonyl (C=O) groups excluding carboxylic acids is 2. The maximum atomic E-state index is 12.1. The van der Waals surface area contributed by atoms with Crippen molar-refractivity contribution in [3.05, 3.63) is 22.4 Å². The number of aliphatic hydroxyl groups is 1. The minimum atomic E-state index is -0.244. The van der Waals surface area contributed by atoms with Gasteiger partial charge in [0.25, 0.3) is 5.91 Å². The molecule has 1 saturated carbocycles. The van der Waals surface area contributed by atoms with E-state index >= 15 is 0 Å². The number of hydrogen-bond donors (Lipinski definition) is 2. The Kier molecular flexibility index (Phi) is 4.26. The van der Waals surface area contributed by atoms with Crippen LogP contribution in [0.1, 0.15) is 29.6 Å². The molecule has 1 saturated heterocycles. The average Bonchev–Trinajstić information content (AvgIpc) is 3.17. The van der Waals surface area contributed by atoms with Gasteiger partial charge in [-0.1, -0.05) is 0 Å². The summed E-state index contributed by atoms with van der Waals surface area (Å²) in [6, 6.07) is 1.77. The summed E-state index contributed by atoms with van der Waals surface area (Å²) >= 11 is 1.48. The highest BCUT2D eigenvalue weighted by atomic mass is 32.1. The van der Waals surface area contributed by atoms with E-state index in [1.165, 1.54) is 11.3 Å². The molecule has 1 aliphatic carbocycles. The Labute approximate surface area is 128 Å². The van der Waals surface area contributed by atoms with E-state index in [1.807, 2.05) is 10.3 Å².